The third kappa shape index (κ3) is 5.75. The molecule has 5 nitrogen and oxygen atoms in total. The van der Waals surface area contributed by atoms with E-state index in [1.807, 2.05) is 32.0 Å². The predicted molar refractivity (Wildman–Crippen MR) is 103 cm³/mol. The minimum atomic E-state index is 0.0417. The average Bonchev–Trinajstić information content (AvgIpc) is 2.98. The SMILES string of the molecule is CC(C)N(Cc1nnc(-c2ccccc2Cl)o1)C(=O)CSC(C)(C)C. The van der Waals surface area contributed by atoms with Crippen LogP contribution in [0.5, 0.6) is 0 Å². The fraction of sp³-hybridized carbons (Fsp3) is 0.500. The topological polar surface area (TPSA) is 59.2 Å². The standard InChI is InChI=1S/C18H24ClN3O2S/c1-12(2)22(16(23)11-25-18(3,4)5)10-15-20-21-17(24-15)13-8-6-7-9-14(13)19/h6-9,12H,10-11H2,1-5H3. The number of carbonyl (C=O) groups is 1. The first-order valence-corrected chi connectivity index (χ1v) is 9.54. The largest absolute Gasteiger partial charge is 0.419 e. The van der Waals surface area contributed by atoms with Gasteiger partial charge < -0.3 is 9.32 Å². The van der Waals surface area contributed by atoms with E-state index in [2.05, 4.69) is 31.0 Å². The molecule has 0 saturated heterocycles. The number of carbonyl (C=O) groups excluding carboxylic acids is 1. The average molecular weight is 382 g/mol. The molecule has 0 unspecified atom stereocenters. The first-order chi connectivity index (χ1) is 11.7. The molecular weight excluding hydrogens is 358 g/mol. The van der Waals surface area contributed by atoms with Gasteiger partial charge in [-0.2, -0.15) is 0 Å². The number of aromatic nitrogens is 2. The van der Waals surface area contributed by atoms with Crippen LogP contribution >= 0.6 is 23.4 Å². The lowest BCUT2D eigenvalue weighted by molar-refractivity contribution is -0.131. The molecule has 7 heteroatoms. The number of hydrogen-bond donors (Lipinski definition) is 0. The molecule has 0 spiro atoms. The van der Waals surface area contributed by atoms with Crippen molar-refractivity contribution < 1.29 is 9.21 Å². The summed E-state index contributed by atoms with van der Waals surface area (Å²) in [5, 5.41) is 8.68. The number of nitrogens with zero attached hydrogens (tertiary/aromatic N) is 3. The summed E-state index contributed by atoms with van der Waals surface area (Å²) in [6.07, 6.45) is 0. The van der Waals surface area contributed by atoms with Crippen molar-refractivity contribution in [2.24, 2.45) is 0 Å². The fourth-order valence-electron chi connectivity index (χ4n) is 2.13. The van der Waals surface area contributed by atoms with E-state index in [1.165, 1.54) is 0 Å². The van der Waals surface area contributed by atoms with Crippen LogP contribution in [0.1, 0.15) is 40.5 Å². The van der Waals surface area contributed by atoms with Crippen LogP contribution in [0.15, 0.2) is 28.7 Å². The van der Waals surface area contributed by atoms with Gasteiger partial charge in [-0.25, -0.2) is 0 Å². The Balaban J connectivity index is 2.10. The summed E-state index contributed by atoms with van der Waals surface area (Å²) in [5.74, 6) is 1.25. The molecule has 1 heterocycles. The van der Waals surface area contributed by atoms with E-state index in [4.69, 9.17) is 16.0 Å². The van der Waals surface area contributed by atoms with Gasteiger partial charge in [0.2, 0.25) is 17.7 Å². The van der Waals surface area contributed by atoms with E-state index in [0.717, 1.165) is 0 Å². The van der Waals surface area contributed by atoms with Crippen molar-refractivity contribution in [3.63, 3.8) is 0 Å². The Labute approximate surface area is 158 Å². The van der Waals surface area contributed by atoms with Crippen molar-refractivity contribution in [1.29, 1.82) is 0 Å². The number of thioether (sulfide) groups is 1. The predicted octanol–water partition coefficient (Wildman–Crippen LogP) is 4.66. The summed E-state index contributed by atoms with van der Waals surface area (Å²) in [4.78, 5) is 14.3. The lowest BCUT2D eigenvalue weighted by Gasteiger charge is -2.26. The normalized spacial score (nSPS) is 11.8. The van der Waals surface area contributed by atoms with Gasteiger partial charge in [0.1, 0.15) is 0 Å². The van der Waals surface area contributed by atoms with Crippen molar-refractivity contribution in [2.75, 3.05) is 5.75 Å². The van der Waals surface area contributed by atoms with Crippen LogP contribution in [-0.2, 0) is 11.3 Å². The number of benzene rings is 1. The Morgan fingerprint density at radius 1 is 1.28 bits per heavy atom. The number of hydrogen-bond acceptors (Lipinski definition) is 5. The highest BCUT2D eigenvalue weighted by Gasteiger charge is 2.23. The summed E-state index contributed by atoms with van der Waals surface area (Å²) in [7, 11) is 0. The highest BCUT2D eigenvalue weighted by molar-refractivity contribution is 8.01. The van der Waals surface area contributed by atoms with E-state index < -0.39 is 0 Å². The fourth-order valence-corrected chi connectivity index (χ4v) is 3.07. The van der Waals surface area contributed by atoms with Crippen LogP contribution in [0.4, 0.5) is 0 Å². The lowest BCUT2D eigenvalue weighted by Crippen LogP contribution is -2.38. The van der Waals surface area contributed by atoms with Crippen molar-refractivity contribution >= 4 is 29.3 Å². The lowest BCUT2D eigenvalue weighted by atomic mass is 10.2. The maximum atomic E-state index is 12.6. The molecule has 0 atom stereocenters. The zero-order valence-electron chi connectivity index (χ0n) is 15.2. The molecule has 25 heavy (non-hydrogen) atoms. The highest BCUT2D eigenvalue weighted by atomic mass is 35.5. The van der Waals surface area contributed by atoms with Crippen LogP contribution in [-0.4, -0.2) is 37.5 Å². The minimum absolute atomic E-state index is 0.0417. The van der Waals surface area contributed by atoms with Gasteiger partial charge in [0.15, 0.2) is 0 Å². The second-order valence-corrected chi connectivity index (χ2v) is 9.21. The molecule has 0 N–H and O–H groups in total. The van der Waals surface area contributed by atoms with Gasteiger partial charge in [-0.3, -0.25) is 4.79 Å². The van der Waals surface area contributed by atoms with Gasteiger partial charge in [-0.15, -0.1) is 22.0 Å². The molecule has 1 aromatic heterocycles. The van der Waals surface area contributed by atoms with Crippen molar-refractivity contribution in [1.82, 2.24) is 15.1 Å². The van der Waals surface area contributed by atoms with Crippen molar-refractivity contribution in [2.45, 2.75) is 52.0 Å². The zero-order valence-corrected chi connectivity index (χ0v) is 16.8. The molecule has 0 aliphatic heterocycles. The zero-order chi connectivity index (χ0) is 18.6. The van der Waals surface area contributed by atoms with E-state index in [-0.39, 0.29) is 16.7 Å². The van der Waals surface area contributed by atoms with Gasteiger partial charge in [0, 0.05) is 10.8 Å². The molecule has 0 aliphatic rings. The van der Waals surface area contributed by atoms with Gasteiger partial charge in [-0.05, 0) is 26.0 Å². The summed E-state index contributed by atoms with van der Waals surface area (Å²) in [6, 6.07) is 7.34. The monoisotopic (exact) mass is 381 g/mol. The quantitative estimate of drug-likeness (QED) is 0.728. The van der Waals surface area contributed by atoms with Crippen LogP contribution in [0, 0.1) is 0 Å². The smallest absolute Gasteiger partial charge is 0.249 e. The molecular formula is C18H24ClN3O2S. The van der Waals surface area contributed by atoms with E-state index in [9.17, 15) is 4.79 Å². The molecule has 2 rings (SSSR count). The summed E-state index contributed by atoms with van der Waals surface area (Å²) in [6.45, 7) is 10.5. The van der Waals surface area contributed by atoms with E-state index in [1.54, 1.807) is 22.7 Å². The third-order valence-electron chi connectivity index (χ3n) is 3.45. The molecule has 0 radical (unpaired) electrons. The Bertz CT molecular complexity index is 725. The van der Waals surface area contributed by atoms with Crippen LogP contribution < -0.4 is 0 Å². The molecule has 0 fully saturated rings. The van der Waals surface area contributed by atoms with E-state index in [0.29, 0.717) is 34.7 Å². The van der Waals surface area contributed by atoms with Crippen LogP contribution in [0.3, 0.4) is 0 Å². The van der Waals surface area contributed by atoms with Crippen LogP contribution in [0.25, 0.3) is 11.5 Å². The summed E-state index contributed by atoms with van der Waals surface area (Å²) in [5.41, 5.74) is 0.689. The minimum Gasteiger partial charge on any atom is -0.419 e. The maximum absolute atomic E-state index is 12.6. The van der Waals surface area contributed by atoms with Crippen LogP contribution in [0.2, 0.25) is 5.02 Å². The van der Waals surface area contributed by atoms with Gasteiger partial charge in [0.25, 0.3) is 0 Å². The molecule has 0 saturated carbocycles. The first kappa shape index (κ1) is 19.8. The molecule has 136 valence electrons. The molecule has 0 bridgehead atoms. The summed E-state index contributed by atoms with van der Waals surface area (Å²) < 4.78 is 5.76. The third-order valence-corrected chi connectivity index (χ3v) is 5.04. The Morgan fingerprint density at radius 3 is 2.56 bits per heavy atom. The molecule has 1 amide bonds. The van der Waals surface area contributed by atoms with Gasteiger partial charge in [-0.1, -0.05) is 44.5 Å². The second-order valence-electron chi connectivity index (χ2n) is 7.00. The summed E-state index contributed by atoms with van der Waals surface area (Å²) >= 11 is 7.79. The molecule has 1 aromatic carbocycles. The Hall–Kier alpha value is -1.53. The number of rotatable bonds is 6. The maximum Gasteiger partial charge on any atom is 0.249 e. The highest BCUT2D eigenvalue weighted by Crippen LogP contribution is 2.27. The Morgan fingerprint density at radius 2 is 1.96 bits per heavy atom. The second kappa shape index (κ2) is 8.23. The molecule has 2 aromatic rings. The van der Waals surface area contributed by atoms with Crippen molar-refractivity contribution in [3.05, 3.63) is 35.2 Å². The molecule has 0 aliphatic carbocycles. The first-order valence-electron chi connectivity index (χ1n) is 8.18. The van der Waals surface area contributed by atoms with Gasteiger partial charge >= 0.3 is 0 Å². The number of halogens is 1. The van der Waals surface area contributed by atoms with Gasteiger partial charge in [0.05, 0.1) is 22.9 Å². The van der Waals surface area contributed by atoms with E-state index >= 15 is 0 Å². The number of amides is 1. The Kier molecular flexibility index (Phi) is 6.52. The van der Waals surface area contributed by atoms with Crippen molar-refractivity contribution in [3.8, 4) is 11.5 Å².